The molecule has 2 aromatic rings. The maximum atomic E-state index is 13.0. The Morgan fingerprint density at radius 1 is 1.12 bits per heavy atom. The molecule has 2 fully saturated rings. The largest absolute Gasteiger partial charge is 0.371 e. The van der Waals surface area contributed by atoms with Crippen molar-refractivity contribution in [3.05, 3.63) is 41.8 Å². The average Bonchev–Trinajstić information content (AvgIpc) is 3.36. The van der Waals surface area contributed by atoms with Crippen molar-refractivity contribution in [3.63, 3.8) is 0 Å². The van der Waals surface area contributed by atoms with Crippen molar-refractivity contribution in [2.45, 2.75) is 44.1 Å². The van der Waals surface area contributed by atoms with Crippen molar-refractivity contribution in [2.75, 3.05) is 24.5 Å². The van der Waals surface area contributed by atoms with Gasteiger partial charge in [-0.1, -0.05) is 5.16 Å². The number of anilines is 1. The molecular weight excluding hydrogens is 307 g/mol. The van der Waals surface area contributed by atoms with E-state index >= 15 is 0 Å². The Morgan fingerprint density at radius 2 is 1.88 bits per heavy atom. The third kappa shape index (κ3) is 3.75. The summed E-state index contributed by atoms with van der Waals surface area (Å²) < 4.78 is 18.3. The molecule has 0 amide bonds. The summed E-state index contributed by atoms with van der Waals surface area (Å²) in [6.45, 7) is 2.87. The van der Waals surface area contributed by atoms with Gasteiger partial charge in [0, 0.05) is 43.7 Å². The van der Waals surface area contributed by atoms with Gasteiger partial charge in [0.1, 0.15) is 5.82 Å². The first-order chi connectivity index (χ1) is 11.8. The number of nitrogens with zero attached hydrogens (tertiary/aromatic N) is 3. The van der Waals surface area contributed by atoms with Crippen LogP contribution < -0.4 is 10.2 Å². The molecule has 128 valence electrons. The number of rotatable bonds is 6. The number of halogens is 1. The lowest BCUT2D eigenvalue weighted by Crippen LogP contribution is -2.43. The van der Waals surface area contributed by atoms with Gasteiger partial charge in [-0.2, -0.15) is 4.98 Å². The summed E-state index contributed by atoms with van der Waals surface area (Å²) in [5, 5.41) is 7.65. The molecule has 2 heterocycles. The van der Waals surface area contributed by atoms with Crippen LogP contribution in [0.3, 0.4) is 0 Å². The van der Waals surface area contributed by atoms with Gasteiger partial charge >= 0.3 is 0 Å². The first-order valence-electron chi connectivity index (χ1n) is 8.84. The van der Waals surface area contributed by atoms with Gasteiger partial charge in [0.05, 0.1) is 0 Å². The summed E-state index contributed by atoms with van der Waals surface area (Å²) in [6, 6.07) is 7.30. The fraction of sp³-hybridized carbons (Fsp3) is 0.556. The SMILES string of the molecule is Fc1ccc(N2CCC(NCCc3noc(C4CC4)n3)CC2)cc1. The normalized spacial score (nSPS) is 19.0. The third-order valence-corrected chi connectivity index (χ3v) is 4.88. The molecule has 1 aliphatic heterocycles. The van der Waals surface area contributed by atoms with Crippen molar-refractivity contribution >= 4 is 5.69 Å². The van der Waals surface area contributed by atoms with Crippen LogP contribution in [0.15, 0.2) is 28.8 Å². The van der Waals surface area contributed by atoms with Gasteiger partial charge in [-0.15, -0.1) is 0 Å². The average molecular weight is 330 g/mol. The second-order valence-corrected chi connectivity index (χ2v) is 6.76. The molecular formula is C18H23FN4O. The van der Waals surface area contributed by atoms with E-state index in [0.717, 1.165) is 56.3 Å². The molecule has 2 aliphatic rings. The zero-order valence-corrected chi connectivity index (χ0v) is 13.7. The predicted octanol–water partition coefficient (Wildman–Crippen LogP) is 2.89. The van der Waals surface area contributed by atoms with Crippen LogP contribution in [0.25, 0.3) is 0 Å². The first-order valence-corrected chi connectivity index (χ1v) is 8.84. The molecule has 1 aliphatic carbocycles. The molecule has 24 heavy (non-hydrogen) atoms. The van der Waals surface area contributed by atoms with Gasteiger partial charge in [-0.05, 0) is 49.9 Å². The highest BCUT2D eigenvalue weighted by Crippen LogP contribution is 2.38. The highest BCUT2D eigenvalue weighted by Gasteiger charge is 2.29. The molecule has 6 heteroatoms. The van der Waals surface area contributed by atoms with Gasteiger partial charge in [-0.25, -0.2) is 4.39 Å². The van der Waals surface area contributed by atoms with Crippen LogP contribution in [-0.2, 0) is 6.42 Å². The third-order valence-electron chi connectivity index (χ3n) is 4.88. The van der Waals surface area contributed by atoms with Crippen LogP contribution in [0.1, 0.15) is 43.3 Å². The lowest BCUT2D eigenvalue weighted by Gasteiger charge is -2.34. The van der Waals surface area contributed by atoms with E-state index in [1.54, 1.807) is 0 Å². The van der Waals surface area contributed by atoms with Crippen molar-refractivity contribution in [1.29, 1.82) is 0 Å². The molecule has 1 saturated heterocycles. The van der Waals surface area contributed by atoms with E-state index in [0.29, 0.717) is 12.0 Å². The van der Waals surface area contributed by atoms with E-state index in [2.05, 4.69) is 20.4 Å². The van der Waals surface area contributed by atoms with Gasteiger partial charge in [0.25, 0.3) is 0 Å². The molecule has 4 rings (SSSR count). The van der Waals surface area contributed by atoms with Gasteiger partial charge in [0.2, 0.25) is 5.89 Å². The highest BCUT2D eigenvalue weighted by molar-refractivity contribution is 5.46. The fourth-order valence-corrected chi connectivity index (χ4v) is 3.25. The molecule has 0 radical (unpaired) electrons. The molecule has 1 aromatic heterocycles. The topological polar surface area (TPSA) is 54.2 Å². The van der Waals surface area contributed by atoms with E-state index in [1.165, 1.54) is 25.0 Å². The summed E-state index contributed by atoms with van der Waals surface area (Å²) in [5.41, 5.74) is 1.11. The highest BCUT2D eigenvalue weighted by atomic mass is 19.1. The van der Waals surface area contributed by atoms with Crippen LogP contribution in [0, 0.1) is 5.82 Å². The maximum Gasteiger partial charge on any atom is 0.229 e. The van der Waals surface area contributed by atoms with Crippen molar-refractivity contribution in [2.24, 2.45) is 0 Å². The Labute approximate surface area is 141 Å². The molecule has 1 aromatic carbocycles. The van der Waals surface area contributed by atoms with E-state index in [1.807, 2.05) is 12.1 Å². The van der Waals surface area contributed by atoms with Gasteiger partial charge < -0.3 is 14.7 Å². The monoisotopic (exact) mass is 330 g/mol. The number of aromatic nitrogens is 2. The van der Waals surface area contributed by atoms with Crippen molar-refractivity contribution in [1.82, 2.24) is 15.5 Å². The molecule has 5 nitrogen and oxygen atoms in total. The van der Waals surface area contributed by atoms with Crippen LogP contribution in [0.2, 0.25) is 0 Å². The van der Waals surface area contributed by atoms with E-state index in [9.17, 15) is 4.39 Å². The molecule has 0 atom stereocenters. The van der Waals surface area contributed by atoms with Crippen LogP contribution in [0.4, 0.5) is 10.1 Å². The standard InChI is InChI=1S/C18H23FN4O/c19-14-3-5-16(6-4-14)23-11-8-15(9-12-23)20-10-7-17-21-18(24-22-17)13-1-2-13/h3-6,13,15,20H,1-2,7-12H2. The second kappa shape index (κ2) is 6.89. The number of nitrogens with one attached hydrogen (secondary N) is 1. The summed E-state index contributed by atoms with van der Waals surface area (Å²) in [7, 11) is 0. The minimum Gasteiger partial charge on any atom is -0.371 e. The molecule has 0 bridgehead atoms. The van der Waals surface area contributed by atoms with E-state index in [4.69, 9.17) is 4.52 Å². The van der Waals surface area contributed by atoms with Crippen LogP contribution in [-0.4, -0.2) is 35.8 Å². The molecule has 1 saturated carbocycles. The zero-order chi connectivity index (χ0) is 16.4. The van der Waals surface area contributed by atoms with Crippen molar-refractivity contribution in [3.8, 4) is 0 Å². The van der Waals surface area contributed by atoms with Gasteiger partial charge in [0.15, 0.2) is 5.82 Å². The molecule has 0 spiro atoms. The Kier molecular flexibility index (Phi) is 4.47. The minimum absolute atomic E-state index is 0.179. The fourth-order valence-electron chi connectivity index (χ4n) is 3.25. The Balaban J connectivity index is 1.19. The number of hydrogen-bond donors (Lipinski definition) is 1. The predicted molar refractivity (Wildman–Crippen MR) is 89.6 cm³/mol. The van der Waals surface area contributed by atoms with Gasteiger partial charge in [-0.3, -0.25) is 0 Å². The van der Waals surface area contributed by atoms with E-state index in [-0.39, 0.29) is 5.82 Å². The second-order valence-electron chi connectivity index (χ2n) is 6.76. The quantitative estimate of drug-likeness (QED) is 0.883. The number of benzene rings is 1. The number of piperidine rings is 1. The summed E-state index contributed by atoms with van der Waals surface area (Å²) >= 11 is 0. The van der Waals surface area contributed by atoms with E-state index < -0.39 is 0 Å². The Bertz CT molecular complexity index is 660. The summed E-state index contributed by atoms with van der Waals surface area (Å²) in [5.74, 6) is 1.97. The van der Waals surface area contributed by atoms with Crippen LogP contribution in [0.5, 0.6) is 0 Å². The Hall–Kier alpha value is -1.95. The van der Waals surface area contributed by atoms with Crippen LogP contribution >= 0.6 is 0 Å². The molecule has 1 N–H and O–H groups in total. The molecule has 0 unspecified atom stereocenters. The minimum atomic E-state index is -0.179. The summed E-state index contributed by atoms with van der Waals surface area (Å²) in [4.78, 5) is 6.78. The number of hydrogen-bond acceptors (Lipinski definition) is 5. The zero-order valence-electron chi connectivity index (χ0n) is 13.7. The smallest absolute Gasteiger partial charge is 0.229 e. The maximum absolute atomic E-state index is 13.0. The van der Waals surface area contributed by atoms with Crippen molar-refractivity contribution < 1.29 is 8.91 Å². The Morgan fingerprint density at radius 3 is 2.58 bits per heavy atom. The lowest BCUT2D eigenvalue weighted by molar-refractivity contribution is 0.371. The first kappa shape index (κ1) is 15.6. The summed E-state index contributed by atoms with van der Waals surface area (Å²) in [6.07, 6.45) is 5.38. The lowest BCUT2D eigenvalue weighted by atomic mass is 10.0.